The Hall–Kier alpha value is -1.59. The van der Waals surface area contributed by atoms with Crippen LogP contribution in [0.4, 0.5) is 0 Å². The van der Waals surface area contributed by atoms with Gasteiger partial charge in [0.2, 0.25) is 0 Å². The van der Waals surface area contributed by atoms with Crippen LogP contribution in [0.1, 0.15) is 5.56 Å². The molecule has 0 radical (unpaired) electrons. The summed E-state index contributed by atoms with van der Waals surface area (Å²) in [5.41, 5.74) is 1.04. The molecule has 2 heterocycles. The lowest BCUT2D eigenvalue weighted by Crippen LogP contribution is -2.46. The van der Waals surface area contributed by atoms with E-state index in [1.54, 1.807) is 0 Å². The van der Waals surface area contributed by atoms with Gasteiger partial charge in [-0.25, -0.2) is 0 Å². The lowest BCUT2D eigenvalue weighted by atomic mass is 10.2. The molecule has 0 aromatic heterocycles. The molecule has 1 aromatic carbocycles. The number of piperazine rings is 1. The largest absolute Gasteiger partial charge is 0.348 e. The number of benzene rings is 1. The highest BCUT2D eigenvalue weighted by Gasteiger charge is 2.27. The van der Waals surface area contributed by atoms with Crippen LogP contribution in [-0.4, -0.2) is 54.1 Å². The van der Waals surface area contributed by atoms with Crippen LogP contribution in [0.5, 0.6) is 0 Å². The topological polar surface area (TPSA) is 35.9 Å². The van der Waals surface area contributed by atoms with Crippen molar-refractivity contribution in [2.45, 2.75) is 0 Å². The van der Waals surface area contributed by atoms with E-state index in [0.717, 1.165) is 36.9 Å². The highest BCUT2D eigenvalue weighted by Crippen LogP contribution is 2.30. The molecule has 1 saturated heterocycles. The van der Waals surface area contributed by atoms with Gasteiger partial charge in [0.25, 0.3) is 5.91 Å². The summed E-state index contributed by atoms with van der Waals surface area (Å²) < 4.78 is 0. The minimum Gasteiger partial charge on any atom is -0.348 e. The Balaban J connectivity index is 1.71. The molecule has 1 fully saturated rings. The number of carbonyl (C=O) groups is 1. The average molecular weight is 287 g/mol. The predicted molar refractivity (Wildman–Crippen MR) is 83.5 cm³/mol. The van der Waals surface area contributed by atoms with Crippen LogP contribution in [0.2, 0.25) is 0 Å². The molecule has 5 heteroatoms. The quantitative estimate of drug-likeness (QED) is 0.739. The molecule has 0 N–H and O–H groups in total. The Kier molecular flexibility index (Phi) is 3.89. The average Bonchev–Trinajstić information content (AvgIpc) is 2.82. The third kappa shape index (κ3) is 2.94. The number of hydrogen-bond donors (Lipinski definition) is 0. The standard InChI is InChI=1S/C15H17N3OS/c1-17-7-9-18(10-8-17)15-16-14(19)13(20-15)11-12-5-3-2-4-6-12/h2-6,11H,7-10H2,1H3/b13-11+. The van der Waals surface area contributed by atoms with Crippen LogP contribution in [-0.2, 0) is 4.79 Å². The van der Waals surface area contributed by atoms with E-state index in [1.165, 1.54) is 11.8 Å². The number of likely N-dealkylation sites (N-methyl/N-ethyl adjacent to an activating group) is 1. The number of hydrogen-bond acceptors (Lipinski definition) is 4. The maximum atomic E-state index is 12.0. The predicted octanol–water partition coefficient (Wildman–Crippen LogP) is 1.90. The molecule has 2 aliphatic heterocycles. The molecule has 1 amide bonds. The fourth-order valence-corrected chi connectivity index (χ4v) is 3.20. The molecule has 20 heavy (non-hydrogen) atoms. The molecule has 0 atom stereocenters. The van der Waals surface area contributed by atoms with Crippen molar-refractivity contribution >= 4 is 28.9 Å². The number of rotatable bonds is 1. The third-order valence-electron chi connectivity index (χ3n) is 3.48. The summed E-state index contributed by atoms with van der Waals surface area (Å²) in [6.45, 7) is 3.92. The van der Waals surface area contributed by atoms with Gasteiger partial charge in [0.1, 0.15) is 0 Å². The molecule has 104 valence electrons. The zero-order chi connectivity index (χ0) is 13.9. The van der Waals surface area contributed by atoms with E-state index >= 15 is 0 Å². The van der Waals surface area contributed by atoms with Gasteiger partial charge < -0.3 is 9.80 Å². The summed E-state index contributed by atoms with van der Waals surface area (Å²) >= 11 is 1.49. The summed E-state index contributed by atoms with van der Waals surface area (Å²) in [5, 5.41) is 0.852. The number of thioether (sulfide) groups is 1. The lowest BCUT2D eigenvalue weighted by molar-refractivity contribution is -0.113. The van der Waals surface area contributed by atoms with Gasteiger partial charge in [0.05, 0.1) is 4.91 Å². The van der Waals surface area contributed by atoms with Gasteiger partial charge in [-0.05, 0) is 30.4 Å². The molecular formula is C15H17N3OS. The number of aliphatic imine (C=N–C) groups is 1. The van der Waals surface area contributed by atoms with E-state index in [4.69, 9.17) is 0 Å². The maximum Gasteiger partial charge on any atom is 0.286 e. The highest BCUT2D eigenvalue weighted by atomic mass is 32.2. The molecule has 2 aliphatic rings. The Morgan fingerprint density at radius 1 is 1.15 bits per heavy atom. The number of amides is 1. The van der Waals surface area contributed by atoms with Gasteiger partial charge >= 0.3 is 0 Å². The fourth-order valence-electron chi connectivity index (χ4n) is 2.23. The molecule has 0 unspecified atom stereocenters. The second kappa shape index (κ2) is 5.81. The van der Waals surface area contributed by atoms with Gasteiger partial charge in [-0.3, -0.25) is 4.79 Å². The van der Waals surface area contributed by atoms with Crippen molar-refractivity contribution in [2.24, 2.45) is 4.99 Å². The van der Waals surface area contributed by atoms with E-state index in [-0.39, 0.29) is 5.91 Å². The fraction of sp³-hybridized carbons (Fsp3) is 0.333. The summed E-state index contributed by atoms with van der Waals surface area (Å²) in [4.78, 5) is 21.4. The van der Waals surface area contributed by atoms with E-state index in [0.29, 0.717) is 4.91 Å². The summed E-state index contributed by atoms with van der Waals surface area (Å²) in [6.07, 6.45) is 1.92. The van der Waals surface area contributed by atoms with Crippen molar-refractivity contribution in [2.75, 3.05) is 33.2 Å². The second-order valence-corrected chi connectivity index (χ2v) is 6.02. The van der Waals surface area contributed by atoms with Crippen molar-refractivity contribution in [1.29, 1.82) is 0 Å². The van der Waals surface area contributed by atoms with Gasteiger partial charge in [0.15, 0.2) is 5.17 Å². The molecule has 1 aromatic rings. The van der Waals surface area contributed by atoms with Crippen molar-refractivity contribution in [3.8, 4) is 0 Å². The van der Waals surface area contributed by atoms with Crippen molar-refractivity contribution < 1.29 is 4.79 Å². The van der Waals surface area contributed by atoms with Crippen molar-refractivity contribution in [3.05, 3.63) is 40.8 Å². The van der Waals surface area contributed by atoms with E-state index in [1.807, 2.05) is 36.4 Å². The molecule has 0 bridgehead atoms. The number of carbonyl (C=O) groups excluding carboxylic acids is 1. The van der Waals surface area contributed by atoms with Crippen LogP contribution in [0.3, 0.4) is 0 Å². The monoisotopic (exact) mass is 287 g/mol. The van der Waals surface area contributed by atoms with Crippen molar-refractivity contribution in [3.63, 3.8) is 0 Å². The number of nitrogens with zero attached hydrogens (tertiary/aromatic N) is 3. The zero-order valence-electron chi connectivity index (χ0n) is 11.5. The minimum atomic E-state index is -0.118. The van der Waals surface area contributed by atoms with Crippen LogP contribution in [0.25, 0.3) is 6.08 Å². The molecule has 0 saturated carbocycles. The molecule has 3 rings (SSSR count). The minimum absolute atomic E-state index is 0.118. The first-order chi connectivity index (χ1) is 9.72. The lowest BCUT2D eigenvalue weighted by Gasteiger charge is -2.32. The van der Waals surface area contributed by atoms with Crippen LogP contribution < -0.4 is 0 Å². The zero-order valence-corrected chi connectivity index (χ0v) is 12.3. The van der Waals surface area contributed by atoms with Gasteiger partial charge in [-0.15, -0.1) is 0 Å². The van der Waals surface area contributed by atoms with Gasteiger partial charge in [0, 0.05) is 26.2 Å². The molecule has 4 nitrogen and oxygen atoms in total. The number of amidine groups is 1. The maximum absolute atomic E-state index is 12.0. The smallest absolute Gasteiger partial charge is 0.286 e. The molecule has 0 aliphatic carbocycles. The van der Waals surface area contributed by atoms with Crippen LogP contribution in [0.15, 0.2) is 40.2 Å². The second-order valence-electron chi connectivity index (χ2n) is 5.01. The van der Waals surface area contributed by atoms with Crippen LogP contribution in [0, 0.1) is 0 Å². The summed E-state index contributed by atoms with van der Waals surface area (Å²) in [6, 6.07) is 9.90. The van der Waals surface area contributed by atoms with E-state index in [2.05, 4.69) is 21.8 Å². The normalized spacial score (nSPS) is 22.4. The Labute approximate surface area is 123 Å². The molecular weight excluding hydrogens is 270 g/mol. The van der Waals surface area contributed by atoms with E-state index < -0.39 is 0 Å². The first kappa shape index (κ1) is 13.4. The Morgan fingerprint density at radius 2 is 1.85 bits per heavy atom. The Bertz CT molecular complexity index is 560. The first-order valence-electron chi connectivity index (χ1n) is 6.73. The SMILES string of the molecule is CN1CCN(C2=NC(=O)/C(=C\c3ccccc3)S2)CC1. The highest BCUT2D eigenvalue weighted by molar-refractivity contribution is 8.18. The summed E-state index contributed by atoms with van der Waals surface area (Å²) in [7, 11) is 2.12. The first-order valence-corrected chi connectivity index (χ1v) is 7.55. The Morgan fingerprint density at radius 3 is 2.55 bits per heavy atom. The van der Waals surface area contributed by atoms with Gasteiger partial charge in [-0.1, -0.05) is 30.3 Å². The summed E-state index contributed by atoms with van der Waals surface area (Å²) in [5.74, 6) is -0.118. The van der Waals surface area contributed by atoms with Crippen molar-refractivity contribution in [1.82, 2.24) is 9.80 Å². The van der Waals surface area contributed by atoms with E-state index in [9.17, 15) is 4.79 Å². The third-order valence-corrected chi connectivity index (χ3v) is 4.52. The van der Waals surface area contributed by atoms with Crippen LogP contribution >= 0.6 is 11.8 Å². The van der Waals surface area contributed by atoms with Gasteiger partial charge in [-0.2, -0.15) is 4.99 Å². The molecule has 0 spiro atoms.